The molecule has 2 heterocycles. The first-order valence-corrected chi connectivity index (χ1v) is 8.00. The van der Waals surface area contributed by atoms with Crippen LogP contribution in [0.5, 0.6) is 0 Å². The highest BCUT2D eigenvalue weighted by Crippen LogP contribution is 2.25. The van der Waals surface area contributed by atoms with Gasteiger partial charge in [-0.25, -0.2) is 14.1 Å². The molecule has 0 aliphatic carbocycles. The molecule has 0 bridgehead atoms. The van der Waals surface area contributed by atoms with Crippen molar-refractivity contribution in [2.45, 2.75) is 19.9 Å². The molecule has 0 atom stereocenters. The number of nitrogens with one attached hydrogen (secondary N) is 1. The fraction of sp³-hybridized carbons (Fsp3) is 0.188. The van der Waals surface area contributed by atoms with E-state index in [1.807, 2.05) is 31.4 Å². The SMILES string of the molecule is CC(C)NC(=O)c1nc(-c2cccs2)n(-c2ccc(F)cc2)n1. The Morgan fingerprint density at radius 1 is 1.26 bits per heavy atom. The predicted octanol–water partition coefficient (Wildman–Crippen LogP) is 3.27. The molecule has 0 radical (unpaired) electrons. The zero-order valence-electron chi connectivity index (χ0n) is 12.7. The summed E-state index contributed by atoms with van der Waals surface area (Å²) in [4.78, 5) is 17.4. The van der Waals surface area contributed by atoms with Crippen molar-refractivity contribution in [1.29, 1.82) is 0 Å². The lowest BCUT2D eigenvalue weighted by molar-refractivity contribution is 0.0932. The topological polar surface area (TPSA) is 59.8 Å². The Morgan fingerprint density at radius 3 is 2.61 bits per heavy atom. The van der Waals surface area contributed by atoms with Gasteiger partial charge in [-0.2, -0.15) is 0 Å². The van der Waals surface area contributed by atoms with Gasteiger partial charge in [-0.1, -0.05) is 6.07 Å². The maximum absolute atomic E-state index is 13.1. The van der Waals surface area contributed by atoms with Gasteiger partial charge in [-0.05, 0) is 49.6 Å². The zero-order valence-corrected chi connectivity index (χ0v) is 13.5. The van der Waals surface area contributed by atoms with E-state index in [9.17, 15) is 9.18 Å². The molecule has 7 heteroatoms. The number of aromatic nitrogens is 3. The predicted molar refractivity (Wildman–Crippen MR) is 87.2 cm³/mol. The molecule has 3 rings (SSSR count). The quantitative estimate of drug-likeness (QED) is 0.799. The summed E-state index contributed by atoms with van der Waals surface area (Å²) in [6, 6.07) is 9.70. The average Bonchev–Trinajstić information content (AvgIpc) is 3.16. The third-order valence-electron chi connectivity index (χ3n) is 3.04. The summed E-state index contributed by atoms with van der Waals surface area (Å²) >= 11 is 1.50. The van der Waals surface area contributed by atoms with Crippen LogP contribution in [0, 0.1) is 5.82 Å². The normalized spacial score (nSPS) is 11.0. The molecule has 1 N–H and O–H groups in total. The second-order valence-electron chi connectivity index (χ2n) is 5.25. The van der Waals surface area contributed by atoms with Gasteiger partial charge in [0, 0.05) is 6.04 Å². The van der Waals surface area contributed by atoms with Crippen LogP contribution in [0.3, 0.4) is 0 Å². The van der Waals surface area contributed by atoms with Crippen molar-refractivity contribution in [3.8, 4) is 16.4 Å². The van der Waals surface area contributed by atoms with E-state index in [1.54, 1.807) is 16.8 Å². The maximum Gasteiger partial charge on any atom is 0.291 e. The fourth-order valence-corrected chi connectivity index (χ4v) is 2.76. The van der Waals surface area contributed by atoms with Crippen molar-refractivity contribution in [3.63, 3.8) is 0 Å². The number of carbonyl (C=O) groups excluding carboxylic acids is 1. The van der Waals surface area contributed by atoms with E-state index in [-0.39, 0.29) is 23.6 Å². The van der Waals surface area contributed by atoms with Crippen molar-refractivity contribution >= 4 is 17.2 Å². The number of rotatable bonds is 4. The van der Waals surface area contributed by atoms with Crippen LogP contribution in [-0.2, 0) is 0 Å². The van der Waals surface area contributed by atoms with Crippen LogP contribution in [0.4, 0.5) is 4.39 Å². The van der Waals surface area contributed by atoms with E-state index in [0.717, 1.165) is 4.88 Å². The van der Waals surface area contributed by atoms with Crippen LogP contribution in [-0.4, -0.2) is 26.7 Å². The van der Waals surface area contributed by atoms with Gasteiger partial charge < -0.3 is 5.32 Å². The molecule has 1 aromatic carbocycles. The monoisotopic (exact) mass is 330 g/mol. The van der Waals surface area contributed by atoms with Gasteiger partial charge >= 0.3 is 0 Å². The highest BCUT2D eigenvalue weighted by Gasteiger charge is 2.19. The lowest BCUT2D eigenvalue weighted by Crippen LogP contribution is -2.31. The van der Waals surface area contributed by atoms with E-state index in [1.165, 1.54) is 23.5 Å². The molecule has 0 fully saturated rings. The molecule has 0 aliphatic rings. The summed E-state index contributed by atoms with van der Waals surface area (Å²) < 4.78 is 14.7. The lowest BCUT2D eigenvalue weighted by atomic mass is 10.3. The molecule has 0 spiro atoms. The number of thiophene rings is 1. The molecule has 0 unspecified atom stereocenters. The molecular weight excluding hydrogens is 315 g/mol. The van der Waals surface area contributed by atoms with Crippen LogP contribution in [0.1, 0.15) is 24.5 Å². The van der Waals surface area contributed by atoms with Crippen LogP contribution in [0.15, 0.2) is 41.8 Å². The van der Waals surface area contributed by atoms with E-state index in [2.05, 4.69) is 15.4 Å². The molecule has 0 saturated heterocycles. The molecule has 2 aromatic heterocycles. The summed E-state index contributed by atoms with van der Waals surface area (Å²) in [6.07, 6.45) is 0. The Morgan fingerprint density at radius 2 is 2.00 bits per heavy atom. The highest BCUT2D eigenvalue weighted by atomic mass is 32.1. The molecule has 3 aromatic rings. The largest absolute Gasteiger partial charge is 0.347 e. The minimum absolute atomic E-state index is 0.00883. The number of carbonyl (C=O) groups is 1. The van der Waals surface area contributed by atoms with Crippen LogP contribution < -0.4 is 5.32 Å². The van der Waals surface area contributed by atoms with Gasteiger partial charge in [-0.3, -0.25) is 4.79 Å². The summed E-state index contributed by atoms with van der Waals surface area (Å²) in [5, 5.41) is 8.99. The molecule has 0 saturated carbocycles. The number of halogens is 1. The van der Waals surface area contributed by atoms with Gasteiger partial charge in [0.15, 0.2) is 5.82 Å². The fourth-order valence-electron chi connectivity index (χ4n) is 2.06. The lowest BCUT2D eigenvalue weighted by Gasteiger charge is -2.05. The number of hydrogen-bond donors (Lipinski definition) is 1. The summed E-state index contributed by atoms with van der Waals surface area (Å²) in [5.74, 6) is -0.0186. The van der Waals surface area contributed by atoms with Crippen molar-refractivity contribution < 1.29 is 9.18 Å². The van der Waals surface area contributed by atoms with Crippen LogP contribution in [0.25, 0.3) is 16.4 Å². The van der Waals surface area contributed by atoms with Gasteiger partial charge in [0.25, 0.3) is 5.91 Å². The Hall–Kier alpha value is -2.54. The van der Waals surface area contributed by atoms with Crippen LogP contribution >= 0.6 is 11.3 Å². The third-order valence-corrected chi connectivity index (χ3v) is 3.91. The Balaban J connectivity index is 2.07. The molecule has 0 aliphatic heterocycles. The first-order valence-electron chi connectivity index (χ1n) is 7.12. The van der Waals surface area contributed by atoms with E-state index >= 15 is 0 Å². The summed E-state index contributed by atoms with van der Waals surface area (Å²) in [6.45, 7) is 3.74. The Kier molecular flexibility index (Phi) is 4.20. The Bertz CT molecular complexity index is 809. The Labute approximate surface area is 136 Å². The van der Waals surface area contributed by atoms with E-state index in [4.69, 9.17) is 0 Å². The van der Waals surface area contributed by atoms with E-state index in [0.29, 0.717) is 11.5 Å². The minimum Gasteiger partial charge on any atom is -0.347 e. The number of nitrogens with zero attached hydrogens (tertiary/aromatic N) is 3. The van der Waals surface area contributed by atoms with Crippen molar-refractivity contribution in [3.05, 3.63) is 53.4 Å². The first-order chi connectivity index (χ1) is 11.0. The minimum atomic E-state index is -0.335. The van der Waals surface area contributed by atoms with Crippen molar-refractivity contribution in [2.24, 2.45) is 0 Å². The van der Waals surface area contributed by atoms with Crippen LogP contribution in [0.2, 0.25) is 0 Å². The third kappa shape index (κ3) is 3.29. The first kappa shape index (κ1) is 15.4. The zero-order chi connectivity index (χ0) is 16.4. The second kappa shape index (κ2) is 6.29. The molecule has 1 amide bonds. The number of benzene rings is 1. The number of amides is 1. The second-order valence-corrected chi connectivity index (χ2v) is 6.20. The van der Waals surface area contributed by atoms with E-state index < -0.39 is 0 Å². The molecule has 5 nitrogen and oxygen atoms in total. The summed E-state index contributed by atoms with van der Waals surface area (Å²) in [5.41, 5.74) is 0.644. The van der Waals surface area contributed by atoms with Gasteiger partial charge in [0.05, 0.1) is 10.6 Å². The smallest absolute Gasteiger partial charge is 0.291 e. The molecule has 118 valence electrons. The van der Waals surface area contributed by atoms with Gasteiger partial charge in [0.1, 0.15) is 5.82 Å². The van der Waals surface area contributed by atoms with Gasteiger partial charge in [-0.15, -0.1) is 16.4 Å². The van der Waals surface area contributed by atoms with Crippen molar-refractivity contribution in [1.82, 2.24) is 20.1 Å². The van der Waals surface area contributed by atoms with Gasteiger partial charge in [0.2, 0.25) is 5.82 Å². The standard InChI is InChI=1S/C16H15FN4OS/c1-10(2)18-16(22)14-19-15(13-4-3-9-23-13)21(20-14)12-7-5-11(17)6-8-12/h3-10H,1-2H3,(H,18,22). The molecular formula is C16H15FN4OS. The maximum atomic E-state index is 13.1. The van der Waals surface area contributed by atoms with Crippen molar-refractivity contribution in [2.75, 3.05) is 0 Å². The highest BCUT2D eigenvalue weighted by molar-refractivity contribution is 7.13. The average molecular weight is 330 g/mol. The number of hydrogen-bond acceptors (Lipinski definition) is 4. The molecule has 23 heavy (non-hydrogen) atoms. The summed E-state index contributed by atoms with van der Waals surface area (Å²) in [7, 11) is 0.